The standard InChI is InChI=1S/C21H19N3O6/c1-28-20(26)15-10-30-11-24(18(15)21(27)29-2)13-5-8-16-17(9-13)23-19(22-16)12-3-6-14(25)7-4-12/h3-9,25H,10-11H2,1-2H3,(H,22,23). The van der Waals surface area contributed by atoms with E-state index in [0.29, 0.717) is 11.5 Å². The van der Waals surface area contributed by atoms with Crippen LogP contribution in [0.3, 0.4) is 0 Å². The van der Waals surface area contributed by atoms with Crippen LogP contribution in [-0.2, 0) is 23.8 Å². The van der Waals surface area contributed by atoms with Crippen LogP contribution in [0.15, 0.2) is 53.7 Å². The number of phenolic OH excluding ortho intramolecular Hbond substituents is 1. The Kier molecular flexibility index (Phi) is 5.11. The van der Waals surface area contributed by atoms with Crippen molar-refractivity contribution in [3.8, 4) is 17.1 Å². The number of carbonyl (C=O) groups is 2. The fourth-order valence-electron chi connectivity index (χ4n) is 3.27. The van der Waals surface area contributed by atoms with E-state index in [2.05, 4.69) is 9.97 Å². The molecule has 3 aromatic rings. The molecule has 0 amide bonds. The smallest absolute Gasteiger partial charge is 0.355 e. The molecule has 4 rings (SSSR count). The number of carbonyl (C=O) groups excluding carboxylic acids is 2. The summed E-state index contributed by atoms with van der Waals surface area (Å²) in [4.78, 5) is 33.9. The monoisotopic (exact) mass is 409 g/mol. The molecule has 0 fully saturated rings. The molecule has 0 saturated heterocycles. The first kappa shape index (κ1) is 19.5. The van der Waals surface area contributed by atoms with Crippen molar-refractivity contribution in [2.24, 2.45) is 0 Å². The molecule has 9 nitrogen and oxygen atoms in total. The molecule has 0 bridgehead atoms. The van der Waals surface area contributed by atoms with Crippen LogP contribution < -0.4 is 4.90 Å². The van der Waals surface area contributed by atoms with Crippen molar-refractivity contribution in [2.75, 3.05) is 32.5 Å². The van der Waals surface area contributed by atoms with Gasteiger partial charge in [-0.1, -0.05) is 0 Å². The molecule has 2 N–H and O–H groups in total. The van der Waals surface area contributed by atoms with Gasteiger partial charge in [-0.25, -0.2) is 14.6 Å². The third kappa shape index (κ3) is 3.46. The van der Waals surface area contributed by atoms with Crippen LogP contribution in [0.4, 0.5) is 5.69 Å². The highest BCUT2D eigenvalue weighted by Crippen LogP contribution is 2.30. The predicted molar refractivity (Wildman–Crippen MR) is 108 cm³/mol. The summed E-state index contributed by atoms with van der Waals surface area (Å²) in [6.45, 7) is 0.0142. The topological polar surface area (TPSA) is 114 Å². The summed E-state index contributed by atoms with van der Waals surface area (Å²) in [7, 11) is 2.49. The van der Waals surface area contributed by atoms with E-state index in [-0.39, 0.29) is 30.4 Å². The number of imidazole rings is 1. The van der Waals surface area contributed by atoms with Crippen molar-refractivity contribution < 1.29 is 28.9 Å². The number of phenols is 1. The van der Waals surface area contributed by atoms with Crippen LogP contribution in [0.5, 0.6) is 5.75 Å². The average molecular weight is 409 g/mol. The van der Waals surface area contributed by atoms with Crippen molar-refractivity contribution >= 4 is 28.7 Å². The predicted octanol–water partition coefficient (Wildman–Crippen LogP) is 2.33. The maximum absolute atomic E-state index is 12.4. The summed E-state index contributed by atoms with van der Waals surface area (Å²) in [5.74, 6) is -0.507. The van der Waals surface area contributed by atoms with E-state index < -0.39 is 11.9 Å². The summed E-state index contributed by atoms with van der Waals surface area (Å²) < 4.78 is 15.2. The minimum absolute atomic E-state index is 0.0507. The van der Waals surface area contributed by atoms with E-state index in [9.17, 15) is 14.7 Å². The number of aromatic amines is 1. The molecule has 0 spiro atoms. The summed E-state index contributed by atoms with van der Waals surface area (Å²) in [5.41, 5.74) is 3.04. The van der Waals surface area contributed by atoms with Crippen LogP contribution in [0.2, 0.25) is 0 Å². The molecule has 0 unspecified atom stereocenters. The number of ether oxygens (including phenoxy) is 3. The Morgan fingerprint density at radius 3 is 2.53 bits per heavy atom. The van der Waals surface area contributed by atoms with Crippen molar-refractivity contribution in [3.05, 3.63) is 53.7 Å². The molecule has 1 aromatic heterocycles. The Bertz CT molecular complexity index is 1150. The normalized spacial score (nSPS) is 14.1. The van der Waals surface area contributed by atoms with E-state index in [1.54, 1.807) is 47.4 Å². The summed E-state index contributed by atoms with van der Waals surface area (Å²) in [6.07, 6.45) is 0. The van der Waals surface area contributed by atoms with Gasteiger partial charge in [-0.3, -0.25) is 0 Å². The van der Waals surface area contributed by atoms with Crippen LogP contribution >= 0.6 is 0 Å². The molecule has 30 heavy (non-hydrogen) atoms. The number of anilines is 1. The van der Waals surface area contributed by atoms with E-state index in [0.717, 1.165) is 16.6 Å². The quantitative estimate of drug-likeness (QED) is 0.631. The second-order valence-electron chi connectivity index (χ2n) is 6.55. The fourth-order valence-corrected chi connectivity index (χ4v) is 3.27. The Labute approximate surface area is 171 Å². The highest BCUT2D eigenvalue weighted by atomic mass is 16.5. The molecule has 154 valence electrons. The Morgan fingerprint density at radius 2 is 1.83 bits per heavy atom. The molecule has 2 aromatic carbocycles. The minimum Gasteiger partial charge on any atom is -0.508 e. The zero-order valence-corrected chi connectivity index (χ0v) is 16.3. The van der Waals surface area contributed by atoms with Crippen molar-refractivity contribution in [3.63, 3.8) is 0 Å². The number of aromatic hydroxyl groups is 1. The maximum atomic E-state index is 12.4. The number of rotatable bonds is 4. The number of hydrogen-bond donors (Lipinski definition) is 2. The lowest BCUT2D eigenvalue weighted by Crippen LogP contribution is -2.38. The number of fused-ring (bicyclic) bond motifs is 1. The number of hydrogen-bond acceptors (Lipinski definition) is 8. The molecule has 0 saturated carbocycles. The summed E-state index contributed by atoms with van der Waals surface area (Å²) in [5, 5.41) is 9.47. The first-order chi connectivity index (χ1) is 14.5. The average Bonchev–Trinajstić information content (AvgIpc) is 3.21. The van der Waals surface area contributed by atoms with Gasteiger partial charge >= 0.3 is 11.9 Å². The Balaban J connectivity index is 1.76. The van der Waals surface area contributed by atoms with E-state index in [1.165, 1.54) is 14.2 Å². The third-order valence-electron chi connectivity index (χ3n) is 4.75. The molecular formula is C21H19N3O6. The second kappa shape index (κ2) is 7.88. The maximum Gasteiger partial charge on any atom is 0.355 e. The lowest BCUT2D eigenvalue weighted by atomic mass is 10.1. The van der Waals surface area contributed by atoms with Crippen molar-refractivity contribution in [1.82, 2.24) is 9.97 Å². The van der Waals surface area contributed by atoms with E-state index in [4.69, 9.17) is 14.2 Å². The van der Waals surface area contributed by atoms with Crippen LogP contribution in [-0.4, -0.2) is 54.6 Å². The van der Waals surface area contributed by atoms with Crippen LogP contribution in [0.1, 0.15) is 0 Å². The van der Waals surface area contributed by atoms with E-state index in [1.807, 2.05) is 0 Å². The van der Waals surface area contributed by atoms with E-state index >= 15 is 0 Å². The lowest BCUT2D eigenvalue weighted by molar-refractivity contribution is -0.140. The number of nitrogens with zero attached hydrogens (tertiary/aromatic N) is 2. The SMILES string of the molecule is COC(=O)C1=C(C(=O)OC)N(c2ccc3nc(-c4ccc(O)cc4)[nH]c3c2)COC1. The van der Waals surface area contributed by atoms with Gasteiger partial charge in [-0.05, 0) is 42.5 Å². The lowest BCUT2D eigenvalue weighted by Gasteiger charge is -2.31. The highest BCUT2D eigenvalue weighted by molar-refractivity contribution is 6.03. The molecule has 1 aliphatic heterocycles. The van der Waals surface area contributed by atoms with Gasteiger partial charge in [0.2, 0.25) is 0 Å². The van der Waals surface area contributed by atoms with Gasteiger partial charge < -0.3 is 29.2 Å². The Morgan fingerprint density at radius 1 is 1.10 bits per heavy atom. The molecule has 2 heterocycles. The first-order valence-electron chi connectivity index (χ1n) is 9.06. The van der Waals surface area contributed by atoms with Gasteiger partial charge in [0.05, 0.1) is 37.4 Å². The largest absolute Gasteiger partial charge is 0.508 e. The number of aromatic nitrogens is 2. The number of methoxy groups -OCH3 is 2. The van der Waals surface area contributed by atoms with Gasteiger partial charge in [-0.2, -0.15) is 0 Å². The molecule has 0 atom stereocenters. The summed E-state index contributed by atoms with van der Waals surface area (Å²) >= 11 is 0. The molecular weight excluding hydrogens is 390 g/mol. The fraction of sp³-hybridized carbons (Fsp3) is 0.190. The molecule has 9 heteroatoms. The van der Waals surface area contributed by atoms with Crippen LogP contribution in [0.25, 0.3) is 22.4 Å². The van der Waals surface area contributed by atoms with Crippen molar-refractivity contribution in [1.29, 1.82) is 0 Å². The molecule has 0 aliphatic carbocycles. The summed E-state index contributed by atoms with van der Waals surface area (Å²) in [6, 6.07) is 12.1. The second-order valence-corrected chi connectivity index (χ2v) is 6.55. The van der Waals surface area contributed by atoms with Gasteiger partial charge in [0.1, 0.15) is 24.0 Å². The molecule has 0 radical (unpaired) electrons. The zero-order chi connectivity index (χ0) is 21.3. The number of benzene rings is 2. The number of esters is 2. The third-order valence-corrected chi connectivity index (χ3v) is 4.75. The van der Waals surface area contributed by atoms with Gasteiger partial charge in [0.15, 0.2) is 0 Å². The minimum atomic E-state index is -0.659. The van der Waals surface area contributed by atoms with Gasteiger partial charge in [-0.15, -0.1) is 0 Å². The van der Waals surface area contributed by atoms with Crippen LogP contribution in [0, 0.1) is 0 Å². The van der Waals surface area contributed by atoms with Crippen molar-refractivity contribution in [2.45, 2.75) is 0 Å². The number of nitrogens with one attached hydrogen (secondary N) is 1. The first-order valence-corrected chi connectivity index (χ1v) is 9.06. The van der Waals surface area contributed by atoms with Gasteiger partial charge in [0, 0.05) is 11.3 Å². The highest BCUT2D eigenvalue weighted by Gasteiger charge is 2.32. The molecule has 1 aliphatic rings. The number of H-pyrrole nitrogens is 1. The zero-order valence-electron chi connectivity index (χ0n) is 16.3. The van der Waals surface area contributed by atoms with Gasteiger partial charge in [0.25, 0.3) is 0 Å². The Hall–Kier alpha value is -3.85.